The third kappa shape index (κ3) is 94.4. The van der Waals surface area contributed by atoms with Crippen LogP contribution in [0.25, 0.3) is 0 Å². The molecular weight excluding hydrogens is 375 g/mol. The van der Waals surface area contributed by atoms with Crippen LogP contribution in [0.1, 0.15) is 53.4 Å². The van der Waals surface area contributed by atoms with Crippen LogP contribution >= 0.6 is 0 Å². The van der Waals surface area contributed by atoms with Crippen molar-refractivity contribution in [1.29, 1.82) is 0 Å². The van der Waals surface area contributed by atoms with Crippen molar-refractivity contribution in [3.05, 3.63) is 0 Å². The standard InChI is InChI=1S/2C4H9.2C2H4O2.Sn.Ti/c2*1-3-4-2;2*1-2(3)4;;/h2*1,3-4H2,2H3;2*1H3,(H,3,4);;. The molecule has 0 atom stereocenters. The van der Waals surface area contributed by atoms with Crippen LogP contribution in [0.2, 0.25) is 8.87 Å². The zero-order valence-corrected chi connectivity index (χ0v) is 16.4. The first-order chi connectivity index (χ1) is 7.88. The molecule has 0 amide bonds. The van der Waals surface area contributed by atoms with E-state index in [9.17, 15) is 0 Å². The predicted octanol–water partition coefficient (Wildman–Crippen LogP) is 3.31. The molecule has 0 bridgehead atoms. The Kier molecular flexibility index (Phi) is 39.0. The van der Waals surface area contributed by atoms with Gasteiger partial charge in [0.15, 0.2) is 0 Å². The number of unbranched alkanes of at least 4 members (excludes halogenated alkanes) is 2. The van der Waals surface area contributed by atoms with Gasteiger partial charge in [0, 0.05) is 35.6 Å². The maximum atomic E-state index is 9.00. The van der Waals surface area contributed by atoms with E-state index < -0.39 is 11.9 Å². The summed E-state index contributed by atoms with van der Waals surface area (Å²) in [4.78, 5) is 18.0. The predicted molar refractivity (Wildman–Crippen MR) is 71.8 cm³/mol. The van der Waals surface area contributed by atoms with Crippen molar-refractivity contribution in [3.8, 4) is 0 Å². The van der Waals surface area contributed by atoms with E-state index in [4.69, 9.17) is 19.8 Å². The van der Waals surface area contributed by atoms with Crippen LogP contribution in [-0.2, 0) is 31.3 Å². The number of carbonyl (C=O) groups is 2. The molecule has 0 saturated heterocycles. The van der Waals surface area contributed by atoms with E-state index in [0.29, 0.717) is 0 Å². The maximum Gasteiger partial charge on any atom is 0 e. The first-order valence-electron chi connectivity index (χ1n) is 5.98. The largest absolute Gasteiger partial charge is 0 e. The van der Waals surface area contributed by atoms with E-state index in [1.54, 1.807) is 8.87 Å². The molecule has 2 N–H and O–H groups in total. The topological polar surface area (TPSA) is 74.6 Å². The Morgan fingerprint density at radius 1 is 0.889 bits per heavy atom. The minimum Gasteiger partial charge on any atom is 0 e. The van der Waals surface area contributed by atoms with Crippen molar-refractivity contribution >= 4 is 33.1 Å². The Morgan fingerprint density at radius 2 is 1.11 bits per heavy atom. The molecule has 0 saturated carbocycles. The van der Waals surface area contributed by atoms with E-state index in [1.807, 2.05) is 0 Å². The molecule has 0 aliphatic carbocycles. The number of carboxylic acids is 2. The fraction of sp³-hybridized carbons (Fsp3) is 0.833. The van der Waals surface area contributed by atoms with Gasteiger partial charge in [-0.25, -0.2) is 0 Å². The van der Waals surface area contributed by atoms with Gasteiger partial charge in [-0.2, -0.15) is 0 Å². The quantitative estimate of drug-likeness (QED) is 0.530. The summed E-state index contributed by atoms with van der Waals surface area (Å²) in [5.74, 6) is -1.67. The van der Waals surface area contributed by atoms with Gasteiger partial charge in [0.1, 0.15) is 0 Å². The summed E-state index contributed by atoms with van der Waals surface area (Å²) in [5.41, 5.74) is 0. The number of carboxylic acid groups (broad SMARTS) is 2. The van der Waals surface area contributed by atoms with Gasteiger partial charge in [-0.05, 0) is 0 Å². The van der Waals surface area contributed by atoms with Crippen LogP contribution in [0.15, 0.2) is 0 Å². The van der Waals surface area contributed by atoms with Gasteiger partial charge in [0.05, 0.1) is 0 Å². The monoisotopic (exact) mass is 402 g/mol. The fourth-order valence-electron chi connectivity index (χ4n) is 0.729. The van der Waals surface area contributed by atoms with Gasteiger partial charge in [-0.15, -0.1) is 0 Å². The normalized spacial score (nSPS) is 7.78. The van der Waals surface area contributed by atoms with Crippen molar-refractivity contribution < 1.29 is 41.5 Å². The molecule has 0 spiro atoms. The molecule has 0 aromatic carbocycles. The van der Waals surface area contributed by atoms with Gasteiger partial charge in [0.2, 0.25) is 0 Å². The Morgan fingerprint density at radius 3 is 1.28 bits per heavy atom. The van der Waals surface area contributed by atoms with Gasteiger partial charge < -0.3 is 10.2 Å². The van der Waals surface area contributed by atoms with Crippen LogP contribution in [0.5, 0.6) is 0 Å². The molecule has 0 heterocycles. The van der Waals surface area contributed by atoms with Gasteiger partial charge >= 0.3 is 69.5 Å². The zero-order valence-electron chi connectivity index (χ0n) is 12.0. The first kappa shape index (κ1) is 26.9. The molecule has 0 aliphatic rings. The Balaban J connectivity index is -0.0000000922. The number of rotatable bonds is 6. The van der Waals surface area contributed by atoms with Crippen LogP contribution in [-0.4, -0.2) is 43.3 Å². The molecule has 6 heteroatoms. The molecule has 2 radical (unpaired) electrons. The minimum absolute atomic E-state index is 0. The second kappa shape index (κ2) is 26.1. The summed E-state index contributed by atoms with van der Waals surface area (Å²) >= 11 is 0.149. The molecular formula is C12H26O4SnTi. The summed E-state index contributed by atoms with van der Waals surface area (Å²) in [6.45, 7) is 6.75. The third-order valence-corrected chi connectivity index (χ3v) is 5.45. The third-order valence-electron chi connectivity index (χ3n) is 1.41. The van der Waals surface area contributed by atoms with Gasteiger partial charge in [-0.1, -0.05) is 0 Å². The molecule has 0 rings (SSSR count). The minimum atomic E-state index is -0.833. The van der Waals surface area contributed by atoms with Crippen molar-refractivity contribution in [2.24, 2.45) is 0 Å². The Bertz CT molecular complexity index is 151. The van der Waals surface area contributed by atoms with Crippen molar-refractivity contribution in [1.82, 2.24) is 0 Å². The summed E-state index contributed by atoms with van der Waals surface area (Å²) in [6, 6.07) is 0. The summed E-state index contributed by atoms with van der Waals surface area (Å²) in [6.07, 6.45) is 5.84. The number of hydrogen-bond donors (Lipinski definition) is 2. The van der Waals surface area contributed by atoms with Gasteiger partial charge in [-0.3, -0.25) is 9.59 Å². The van der Waals surface area contributed by atoms with E-state index >= 15 is 0 Å². The van der Waals surface area contributed by atoms with E-state index in [2.05, 4.69) is 13.8 Å². The fourth-order valence-corrected chi connectivity index (χ4v) is 4.89. The average molecular weight is 401 g/mol. The summed E-state index contributed by atoms with van der Waals surface area (Å²) in [7, 11) is 0. The molecule has 0 fully saturated rings. The Labute approximate surface area is 136 Å². The van der Waals surface area contributed by atoms with E-state index in [0.717, 1.165) is 13.8 Å². The van der Waals surface area contributed by atoms with Crippen molar-refractivity contribution in [2.45, 2.75) is 62.3 Å². The summed E-state index contributed by atoms with van der Waals surface area (Å²) < 4.78 is 3.25. The van der Waals surface area contributed by atoms with Gasteiger partial charge in [0.25, 0.3) is 11.9 Å². The van der Waals surface area contributed by atoms with E-state index in [-0.39, 0.29) is 42.9 Å². The first-order valence-corrected chi connectivity index (χ1v) is 10.0. The van der Waals surface area contributed by atoms with Crippen LogP contribution in [0, 0.1) is 0 Å². The molecule has 0 aromatic heterocycles. The zero-order chi connectivity index (χ0) is 14.1. The number of aliphatic carboxylic acids is 2. The average Bonchev–Trinajstić information content (AvgIpc) is 2.16. The Hall–Kier alpha value is 0.453. The van der Waals surface area contributed by atoms with Crippen molar-refractivity contribution in [3.63, 3.8) is 0 Å². The molecule has 0 aliphatic heterocycles. The summed E-state index contributed by atoms with van der Waals surface area (Å²) in [5, 5.41) is 14.8. The van der Waals surface area contributed by atoms with Crippen LogP contribution in [0.4, 0.5) is 0 Å². The smallest absolute Gasteiger partial charge is 0 e. The van der Waals surface area contributed by atoms with Crippen LogP contribution < -0.4 is 0 Å². The maximum absolute atomic E-state index is 9.00. The molecule has 18 heavy (non-hydrogen) atoms. The molecule has 0 unspecified atom stereocenters. The second-order valence-electron chi connectivity index (χ2n) is 3.50. The molecule has 4 nitrogen and oxygen atoms in total. The SMILES string of the molecule is CC(=O)O.CC(=O)O.CCC[CH2][Sn][CH2]CCC.[Ti]. The van der Waals surface area contributed by atoms with E-state index in [1.165, 1.54) is 25.7 Å². The molecule has 0 aromatic rings. The second-order valence-corrected chi connectivity index (χ2v) is 7.78. The van der Waals surface area contributed by atoms with Crippen molar-refractivity contribution in [2.75, 3.05) is 0 Å². The number of hydrogen-bond acceptors (Lipinski definition) is 2. The molecule has 106 valence electrons. The van der Waals surface area contributed by atoms with Crippen LogP contribution in [0.3, 0.4) is 0 Å².